The average molecular weight is 338 g/mol. The SMILES string of the molecule is NC1(C(=O)Nc2cccc(C(=O)Nc3ccncc3)c2)CCCCC1. The Morgan fingerprint density at radius 2 is 1.68 bits per heavy atom. The van der Waals surface area contributed by atoms with Crippen LogP contribution in [0.2, 0.25) is 0 Å². The molecule has 0 atom stereocenters. The molecule has 1 heterocycles. The van der Waals surface area contributed by atoms with Crippen molar-refractivity contribution in [3.8, 4) is 0 Å². The molecule has 1 saturated carbocycles. The molecule has 0 radical (unpaired) electrons. The van der Waals surface area contributed by atoms with Gasteiger partial charge in [-0.25, -0.2) is 0 Å². The summed E-state index contributed by atoms with van der Waals surface area (Å²) in [5.41, 5.74) is 7.14. The third-order valence-electron chi connectivity index (χ3n) is 4.52. The zero-order chi connectivity index (χ0) is 17.7. The zero-order valence-electron chi connectivity index (χ0n) is 14.0. The minimum atomic E-state index is -0.812. The topological polar surface area (TPSA) is 97.1 Å². The third kappa shape index (κ3) is 4.22. The van der Waals surface area contributed by atoms with Gasteiger partial charge in [0.25, 0.3) is 5.91 Å². The Morgan fingerprint density at radius 1 is 0.960 bits per heavy atom. The summed E-state index contributed by atoms with van der Waals surface area (Å²) in [5, 5.41) is 5.65. The van der Waals surface area contributed by atoms with Gasteiger partial charge >= 0.3 is 0 Å². The summed E-state index contributed by atoms with van der Waals surface area (Å²) in [5.74, 6) is -0.429. The molecule has 1 fully saturated rings. The lowest BCUT2D eigenvalue weighted by Gasteiger charge is -2.31. The molecule has 6 heteroatoms. The molecule has 130 valence electrons. The number of nitrogens with zero attached hydrogens (tertiary/aromatic N) is 1. The Hall–Kier alpha value is -2.73. The highest BCUT2D eigenvalue weighted by Crippen LogP contribution is 2.27. The van der Waals surface area contributed by atoms with Gasteiger partial charge in [-0.3, -0.25) is 14.6 Å². The quantitative estimate of drug-likeness (QED) is 0.798. The second kappa shape index (κ2) is 7.44. The van der Waals surface area contributed by atoms with Crippen molar-refractivity contribution in [1.29, 1.82) is 0 Å². The summed E-state index contributed by atoms with van der Waals surface area (Å²) in [6.45, 7) is 0. The number of carbonyl (C=O) groups is 2. The number of carbonyl (C=O) groups excluding carboxylic acids is 2. The van der Waals surface area contributed by atoms with E-state index in [2.05, 4.69) is 15.6 Å². The van der Waals surface area contributed by atoms with Gasteiger partial charge in [-0.2, -0.15) is 0 Å². The van der Waals surface area contributed by atoms with E-state index in [0.717, 1.165) is 19.3 Å². The number of nitrogens with one attached hydrogen (secondary N) is 2. The number of hydrogen-bond donors (Lipinski definition) is 3. The van der Waals surface area contributed by atoms with Crippen LogP contribution in [0.5, 0.6) is 0 Å². The van der Waals surface area contributed by atoms with Gasteiger partial charge in [0.05, 0.1) is 5.54 Å². The molecule has 2 aromatic rings. The summed E-state index contributed by atoms with van der Waals surface area (Å²) in [6, 6.07) is 10.3. The number of pyridine rings is 1. The molecule has 0 saturated heterocycles. The van der Waals surface area contributed by atoms with Gasteiger partial charge in [0.2, 0.25) is 5.91 Å². The Morgan fingerprint density at radius 3 is 2.40 bits per heavy atom. The van der Waals surface area contributed by atoms with E-state index < -0.39 is 5.54 Å². The number of hydrogen-bond acceptors (Lipinski definition) is 4. The maximum Gasteiger partial charge on any atom is 0.255 e. The molecule has 3 rings (SSSR count). The lowest BCUT2D eigenvalue weighted by molar-refractivity contribution is -0.122. The van der Waals surface area contributed by atoms with E-state index in [9.17, 15) is 9.59 Å². The normalized spacial score (nSPS) is 16.0. The monoisotopic (exact) mass is 338 g/mol. The van der Waals surface area contributed by atoms with Crippen LogP contribution < -0.4 is 16.4 Å². The van der Waals surface area contributed by atoms with Crippen LogP contribution in [0.15, 0.2) is 48.8 Å². The fourth-order valence-corrected chi connectivity index (χ4v) is 3.04. The van der Waals surface area contributed by atoms with E-state index in [-0.39, 0.29) is 11.8 Å². The fourth-order valence-electron chi connectivity index (χ4n) is 3.04. The molecule has 0 bridgehead atoms. The molecule has 0 unspecified atom stereocenters. The highest BCUT2D eigenvalue weighted by molar-refractivity contribution is 6.05. The maximum absolute atomic E-state index is 12.5. The number of amides is 2. The van der Waals surface area contributed by atoms with Crippen LogP contribution in [-0.4, -0.2) is 22.3 Å². The van der Waals surface area contributed by atoms with E-state index >= 15 is 0 Å². The number of anilines is 2. The molecular formula is C19H22N4O2. The van der Waals surface area contributed by atoms with E-state index in [0.29, 0.717) is 29.8 Å². The zero-order valence-corrected chi connectivity index (χ0v) is 14.0. The summed E-state index contributed by atoms with van der Waals surface area (Å²) in [7, 11) is 0. The molecule has 6 nitrogen and oxygen atoms in total. The van der Waals surface area contributed by atoms with Crippen molar-refractivity contribution in [3.05, 3.63) is 54.4 Å². The molecule has 1 aromatic heterocycles. The van der Waals surface area contributed by atoms with Crippen molar-refractivity contribution in [2.45, 2.75) is 37.6 Å². The van der Waals surface area contributed by atoms with Crippen molar-refractivity contribution < 1.29 is 9.59 Å². The van der Waals surface area contributed by atoms with Gasteiger partial charge in [-0.15, -0.1) is 0 Å². The minimum Gasteiger partial charge on any atom is -0.324 e. The lowest BCUT2D eigenvalue weighted by Crippen LogP contribution is -2.52. The first-order valence-corrected chi connectivity index (χ1v) is 8.49. The van der Waals surface area contributed by atoms with Gasteiger partial charge in [0.15, 0.2) is 0 Å². The average Bonchev–Trinajstić information content (AvgIpc) is 2.63. The predicted octanol–water partition coefficient (Wildman–Crippen LogP) is 2.93. The number of rotatable bonds is 4. The Kier molecular flexibility index (Phi) is 5.09. The van der Waals surface area contributed by atoms with Crippen molar-refractivity contribution >= 4 is 23.2 Å². The first kappa shape index (κ1) is 17.1. The maximum atomic E-state index is 12.5. The van der Waals surface area contributed by atoms with Gasteiger partial charge in [-0.05, 0) is 43.2 Å². The smallest absolute Gasteiger partial charge is 0.255 e. The van der Waals surface area contributed by atoms with Crippen LogP contribution in [0.25, 0.3) is 0 Å². The van der Waals surface area contributed by atoms with Crippen LogP contribution in [0.1, 0.15) is 42.5 Å². The van der Waals surface area contributed by atoms with Gasteiger partial charge < -0.3 is 16.4 Å². The second-order valence-electron chi connectivity index (χ2n) is 6.44. The number of benzene rings is 1. The van der Waals surface area contributed by atoms with E-state index in [4.69, 9.17) is 5.73 Å². The van der Waals surface area contributed by atoms with Crippen molar-refractivity contribution in [1.82, 2.24) is 4.98 Å². The molecule has 4 N–H and O–H groups in total. The highest BCUT2D eigenvalue weighted by atomic mass is 16.2. The third-order valence-corrected chi connectivity index (χ3v) is 4.52. The summed E-state index contributed by atoms with van der Waals surface area (Å²) in [4.78, 5) is 28.8. The van der Waals surface area contributed by atoms with Crippen LogP contribution in [0, 0.1) is 0 Å². The molecule has 25 heavy (non-hydrogen) atoms. The van der Waals surface area contributed by atoms with E-state index in [1.165, 1.54) is 0 Å². The van der Waals surface area contributed by atoms with Crippen molar-refractivity contribution in [3.63, 3.8) is 0 Å². The van der Waals surface area contributed by atoms with Crippen molar-refractivity contribution in [2.24, 2.45) is 5.73 Å². The largest absolute Gasteiger partial charge is 0.324 e. The molecule has 1 aliphatic carbocycles. The van der Waals surface area contributed by atoms with Gasteiger partial charge in [0, 0.05) is 29.3 Å². The minimum absolute atomic E-state index is 0.182. The van der Waals surface area contributed by atoms with Crippen LogP contribution in [-0.2, 0) is 4.79 Å². The molecular weight excluding hydrogens is 316 g/mol. The Labute approximate surface area is 146 Å². The molecule has 1 aliphatic rings. The fraction of sp³-hybridized carbons (Fsp3) is 0.316. The molecule has 2 amide bonds. The standard InChI is InChI=1S/C19H22N4O2/c20-19(9-2-1-3-10-19)18(25)23-16-6-4-5-14(13-16)17(24)22-15-7-11-21-12-8-15/h4-8,11-13H,1-3,9-10,20H2,(H,23,25)(H,21,22,24). The highest BCUT2D eigenvalue weighted by Gasteiger charge is 2.35. The summed E-state index contributed by atoms with van der Waals surface area (Å²) < 4.78 is 0. The predicted molar refractivity (Wildman–Crippen MR) is 97.3 cm³/mol. The molecule has 1 aromatic carbocycles. The van der Waals surface area contributed by atoms with Crippen LogP contribution >= 0.6 is 0 Å². The van der Waals surface area contributed by atoms with Gasteiger partial charge in [0.1, 0.15) is 0 Å². The van der Waals surface area contributed by atoms with Crippen LogP contribution in [0.4, 0.5) is 11.4 Å². The Balaban J connectivity index is 1.68. The number of nitrogens with two attached hydrogens (primary N) is 1. The number of aromatic nitrogens is 1. The first-order valence-electron chi connectivity index (χ1n) is 8.49. The first-order chi connectivity index (χ1) is 12.1. The molecule has 0 spiro atoms. The van der Waals surface area contributed by atoms with Crippen molar-refractivity contribution in [2.75, 3.05) is 10.6 Å². The van der Waals surface area contributed by atoms with Gasteiger partial charge in [-0.1, -0.05) is 25.3 Å². The molecule has 0 aliphatic heterocycles. The Bertz CT molecular complexity index is 755. The van der Waals surface area contributed by atoms with E-state index in [1.54, 1.807) is 48.8 Å². The second-order valence-corrected chi connectivity index (χ2v) is 6.44. The summed E-state index contributed by atoms with van der Waals surface area (Å²) >= 11 is 0. The lowest BCUT2D eigenvalue weighted by atomic mass is 9.82. The summed E-state index contributed by atoms with van der Waals surface area (Å²) in [6.07, 6.45) is 7.67. The van der Waals surface area contributed by atoms with Crippen LogP contribution in [0.3, 0.4) is 0 Å². The van der Waals surface area contributed by atoms with E-state index in [1.807, 2.05) is 0 Å².